The minimum atomic E-state index is -0.00176. The maximum atomic E-state index is 8.42. The summed E-state index contributed by atoms with van der Waals surface area (Å²) < 4.78 is 0. The predicted molar refractivity (Wildman–Crippen MR) is 40.6 cm³/mol. The molecule has 0 amide bonds. The molecule has 0 aromatic carbocycles. The first-order valence-corrected chi connectivity index (χ1v) is 3.05. The van der Waals surface area contributed by atoms with Gasteiger partial charge in [0.1, 0.15) is 0 Å². The first kappa shape index (κ1) is 8.12. The van der Waals surface area contributed by atoms with Crippen molar-refractivity contribution in [1.29, 1.82) is 0 Å². The molecule has 1 aromatic rings. The third-order valence-electron chi connectivity index (χ3n) is 1.08. The van der Waals surface area contributed by atoms with Gasteiger partial charge in [-0.1, -0.05) is 10.3 Å². The number of aromatic nitrogens is 2. The fourth-order valence-electron chi connectivity index (χ4n) is 0.614. The SMILES string of the molecule is ON=CC(=NO)c1ncccn1. The Morgan fingerprint density at radius 1 is 1.33 bits per heavy atom. The van der Waals surface area contributed by atoms with Gasteiger partial charge >= 0.3 is 0 Å². The van der Waals surface area contributed by atoms with E-state index >= 15 is 0 Å². The molecule has 2 N–H and O–H groups in total. The second-order valence-corrected chi connectivity index (χ2v) is 1.80. The van der Waals surface area contributed by atoms with Gasteiger partial charge in [0, 0.05) is 12.4 Å². The molecule has 0 saturated carbocycles. The average Bonchev–Trinajstić information content (AvgIpc) is 2.15. The normalized spacial score (nSPS) is 12.2. The maximum Gasteiger partial charge on any atom is 0.183 e. The van der Waals surface area contributed by atoms with Crippen LogP contribution in [0.3, 0.4) is 0 Å². The standard InChI is InChI=1S/C6H6N4O2/c11-9-4-5(10-12)6-7-2-1-3-8-6/h1-4,11-12H. The molecule has 0 radical (unpaired) electrons. The second kappa shape index (κ2) is 4.02. The van der Waals surface area contributed by atoms with Gasteiger partial charge in [0.2, 0.25) is 0 Å². The van der Waals surface area contributed by atoms with Crippen molar-refractivity contribution in [3.8, 4) is 0 Å². The van der Waals surface area contributed by atoms with E-state index in [4.69, 9.17) is 10.4 Å². The first-order valence-electron chi connectivity index (χ1n) is 3.05. The van der Waals surface area contributed by atoms with Crippen molar-refractivity contribution in [2.75, 3.05) is 0 Å². The van der Waals surface area contributed by atoms with E-state index in [9.17, 15) is 0 Å². The topological polar surface area (TPSA) is 91.0 Å². The van der Waals surface area contributed by atoms with Crippen LogP contribution in [0.2, 0.25) is 0 Å². The third-order valence-corrected chi connectivity index (χ3v) is 1.08. The van der Waals surface area contributed by atoms with Gasteiger partial charge in [-0.05, 0) is 6.07 Å². The summed E-state index contributed by atoms with van der Waals surface area (Å²) in [5.41, 5.74) is -0.00176. The summed E-state index contributed by atoms with van der Waals surface area (Å²) in [5.74, 6) is 0.192. The molecule has 0 fully saturated rings. The lowest BCUT2D eigenvalue weighted by Crippen LogP contribution is -2.07. The summed E-state index contributed by atoms with van der Waals surface area (Å²) in [6, 6.07) is 1.62. The molecule has 12 heavy (non-hydrogen) atoms. The zero-order valence-electron chi connectivity index (χ0n) is 5.99. The van der Waals surface area contributed by atoms with Crippen molar-refractivity contribution in [3.05, 3.63) is 24.3 Å². The minimum absolute atomic E-state index is 0.00176. The van der Waals surface area contributed by atoms with E-state index in [0.29, 0.717) is 0 Å². The Morgan fingerprint density at radius 3 is 2.50 bits per heavy atom. The van der Waals surface area contributed by atoms with Crippen LogP contribution in [-0.2, 0) is 0 Å². The summed E-state index contributed by atoms with van der Waals surface area (Å²) >= 11 is 0. The van der Waals surface area contributed by atoms with E-state index in [1.54, 1.807) is 6.07 Å². The molecule has 0 atom stereocenters. The van der Waals surface area contributed by atoms with Gasteiger partial charge in [0.15, 0.2) is 11.5 Å². The van der Waals surface area contributed by atoms with Gasteiger partial charge < -0.3 is 10.4 Å². The molecule has 6 nitrogen and oxygen atoms in total. The molecule has 0 saturated heterocycles. The van der Waals surface area contributed by atoms with Crippen LogP contribution in [0, 0.1) is 0 Å². The Balaban J connectivity index is 2.97. The number of hydrogen-bond donors (Lipinski definition) is 2. The number of nitrogens with zero attached hydrogens (tertiary/aromatic N) is 4. The summed E-state index contributed by atoms with van der Waals surface area (Å²) in [5, 5.41) is 22.1. The highest BCUT2D eigenvalue weighted by molar-refractivity contribution is 6.36. The van der Waals surface area contributed by atoms with Gasteiger partial charge in [-0.3, -0.25) is 0 Å². The summed E-state index contributed by atoms with van der Waals surface area (Å²) in [7, 11) is 0. The molecule has 1 aromatic heterocycles. The Bertz CT molecular complexity index is 296. The Kier molecular flexibility index (Phi) is 2.72. The van der Waals surface area contributed by atoms with Crippen LogP contribution >= 0.6 is 0 Å². The lowest BCUT2D eigenvalue weighted by molar-refractivity contribution is 0.316. The Morgan fingerprint density at radius 2 is 2.00 bits per heavy atom. The highest BCUT2D eigenvalue weighted by atomic mass is 16.4. The van der Waals surface area contributed by atoms with E-state index < -0.39 is 0 Å². The summed E-state index contributed by atoms with van der Waals surface area (Å²) in [4.78, 5) is 7.53. The lowest BCUT2D eigenvalue weighted by atomic mass is 10.4. The van der Waals surface area contributed by atoms with Crippen molar-refractivity contribution < 1.29 is 10.4 Å². The van der Waals surface area contributed by atoms with Gasteiger partial charge in [-0.15, -0.1) is 0 Å². The molecule has 0 aliphatic rings. The van der Waals surface area contributed by atoms with Crippen molar-refractivity contribution in [3.63, 3.8) is 0 Å². The van der Waals surface area contributed by atoms with Crippen molar-refractivity contribution in [1.82, 2.24) is 9.97 Å². The van der Waals surface area contributed by atoms with Crippen LogP contribution in [-0.4, -0.2) is 32.3 Å². The number of rotatable bonds is 2. The van der Waals surface area contributed by atoms with E-state index in [1.165, 1.54) is 12.4 Å². The van der Waals surface area contributed by atoms with Crippen LogP contribution in [0.5, 0.6) is 0 Å². The molecule has 0 bridgehead atoms. The van der Waals surface area contributed by atoms with Crippen LogP contribution in [0.1, 0.15) is 5.82 Å². The van der Waals surface area contributed by atoms with E-state index in [0.717, 1.165) is 6.21 Å². The summed E-state index contributed by atoms with van der Waals surface area (Å²) in [6.07, 6.45) is 3.91. The largest absolute Gasteiger partial charge is 0.411 e. The van der Waals surface area contributed by atoms with E-state index in [-0.39, 0.29) is 11.5 Å². The van der Waals surface area contributed by atoms with Crippen molar-refractivity contribution in [2.45, 2.75) is 0 Å². The number of oxime groups is 2. The van der Waals surface area contributed by atoms with Gasteiger partial charge in [-0.2, -0.15) is 0 Å². The Hall–Kier alpha value is -1.98. The maximum absolute atomic E-state index is 8.42. The monoisotopic (exact) mass is 166 g/mol. The number of hydrogen-bond acceptors (Lipinski definition) is 6. The molecular weight excluding hydrogens is 160 g/mol. The molecule has 6 heteroatoms. The molecule has 0 spiro atoms. The second-order valence-electron chi connectivity index (χ2n) is 1.80. The molecule has 0 aliphatic heterocycles. The zero-order valence-corrected chi connectivity index (χ0v) is 5.99. The van der Waals surface area contributed by atoms with Crippen molar-refractivity contribution >= 4 is 11.9 Å². The van der Waals surface area contributed by atoms with Gasteiger partial charge in [0.05, 0.1) is 6.21 Å². The predicted octanol–water partition coefficient (Wildman–Crippen LogP) is 0.115. The first-order chi connectivity index (χ1) is 5.88. The van der Waals surface area contributed by atoms with Crippen LogP contribution in [0.15, 0.2) is 28.8 Å². The fourth-order valence-corrected chi connectivity index (χ4v) is 0.614. The minimum Gasteiger partial charge on any atom is -0.411 e. The quantitative estimate of drug-likeness (QED) is 0.370. The summed E-state index contributed by atoms with van der Waals surface area (Å²) in [6.45, 7) is 0. The van der Waals surface area contributed by atoms with E-state index in [2.05, 4.69) is 20.3 Å². The molecule has 0 unspecified atom stereocenters. The molecule has 1 rings (SSSR count). The highest BCUT2D eigenvalue weighted by Gasteiger charge is 2.02. The van der Waals surface area contributed by atoms with Crippen LogP contribution in [0.25, 0.3) is 0 Å². The Labute approximate surface area is 67.9 Å². The lowest BCUT2D eigenvalue weighted by Gasteiger charge is -1.92. The molecular formula is C6H6N4O2. The average molecular weight is 166 g/mol. The van der Waals surface area contributed by atoms with Crippen LogP contribution in [0.4, 0.5) is 0 Å². The third kappa shape index (κ3) is 1.75. The zero-order chi connectivity index (χ0) is 8.81. The van der Waals surface area contributed by atoms with Crippen LogP contribution < -0.4 is 0 Å². The van der Waals surface area contributed by atoms with Crippen molar-refractivity contribution in [2.24, 2.45) is 10.3 Å². The smallest absolute Gasteiger partial charge is 0.183 e. The molecule has 62 valence electrons. The molecule has 0 aliphatic carbocycles. The van der Waals surface area contributed by atoms with Gasteiger partial charge in [0.25, 0.3) is 0 Å². The van der Waals surface area contributed by atoms with E-state index in [1.807, 2.05) is 0 Å². The molecule has 1 heterocycles. The van der Waals surface area contributed by atoms with Gasteiger partial charge in [-0.25, -0.2) is 9.97 Å². The fraction of sp³-hybridized carbons (Fsp3) is 0. The highest BCUT2D eigenvalue weighted by Crippen LogP contribution is 1.88.